The normalized spacial score (nSPS) is 11.9. The van der Waals surface area contributed by atoms with Crippen LogP contribution in [0, 0.1) is 5.92 Å². The summed E-state index contributed by atoms with van der Waals surface area (Å²) >= 11 is 0. The summed E-state index contributed by atoms with van der Waals surface area (Å²) in [5.41, 5.74) is 1.03. The molecule has 7 nitrogen and oxygen atoms in total. The van der Waals surface area contributed by atoms with Gasteiger partial charge in [-0.2, -0.15) is 5.10 Å². The van der Waals surface area contributed by atoms with Gasteiger partial charge in [0.2, 0.25) is 0 Å². The number of aryl methyl sites for hydroxylation is 1. The number of rotatable bonds is 7. The molecule has 112 valence electrons. The molecule has 7 heteroatoms. The fourth-order valence-electron chi connectivity index (χ4n) is 1.82. The number of carbonyl (C=O) groups excluding carboxylic acids is 1. The third-order valence-electron chi connectivity index (χ3n) is 3.16. The number of carbonyl (C=O) groups is 2. The first-order valence-corrected chi connectivity index (χ1v) is 6.68. The lowest BCUT2D eigenvalue weighted by molar-refractivity contribution is -0.141. The highest BCUT2D eigenvalue weighted by atomic mass is 16.4. The van der Waals surface area contributed by atoms with Crippen molar-refractivity contribution in [2.75, 3.05) is 19.6 Å². The van der Waals surface area contributed by atoms with E-state index in [1.807, 2.05) is 20.0 Å². The van der Waals surface area contributed by atoms with Crippen LogP contribution in [0.5, 0.6) is 0 Å². The van der Waals surface area contributed by atoms with Gasteiger partial charge in [0.15, 0.2) is 0 Å². The molecule has 0 fully saturated rings. The first-order valence-electron chi connectivity index (χ1n) is 6.68. The van der Waals surface area contributed by atoms with E-state index in [1.165, 1.54) is 4.90 Å². The minimum atomic E-state index is -0.897. The van der Waals surface area contributed by atoms with E-state index >= 15 is 0 Å². The lowest BCUT2D eigenvalue weighted by atomic mass is 10.2. The summed E-state index contributed by atoms with van der Waals surface area (Å²) in [4.78, 5) is 24.3. The van der Waals surface area contributed by atoms with Crippen LogP contribution in [0.3, 0.4) is 0 Å². The zero-order valence-corrected chi connectivity index (χ0v) is 12.2. The molecule has 1 atom stereocenters. The van der Waals surface area contributed by atoms with Gasteiger partial charge in [-0.25, -0.2) is 4.79 Å². The average Bonchev–Trinajstić information content (AvgIpc) is 2.81. The number of carboxylic acid groups (broad SMARTS) is 1. The monoisotopic (exact) mass is 282 g/mol. The van der Waals surface area contributed by atoms with Crippen molar-refractivity contribution < 1.29 is 14.7 Å². The highest BCUT2D eigenvalue weighted by Gasteiger charge is 2.18. The summed E-state index contributed by atoms with van der Waals surface area (Å²) < 4.78 is 1.76. The summed E-state index contributed by atoms with van der Waals surface area (Å²) in [6.07, 6.45) is 2.40. The standard InChI is InChI=1S/C13H22N4O3/c1-4-17(9-10(2)12(18)19)13(20)14-7-5-11-6-8-15-16(11)3/h6,8,10H,4-5,7,9H2,1-3H3,(H,14,20)(H,18,19). The molecule has 1 rings (SSSR count). The third kappa shape index (κ3) is 4.56. The molecule has 0 saturated carbocycles. The van der Waals surface area contributed by atoms with Gasteiger partial charge in [0.25, 0.3) is 0 Å². The molecule has 1 aromatic heterocycles. The SMILES string of the molecule is CCN(CC(C)C(=O)O)C(=O)NCCc1ccnn1C. The number of amides is 2. The summed E-state index contributed by atoms with van der Waals surface area (Å²) in [5.74, 6) is -1.47. The first kappa shape index (κ1) is 16.0. The van der Waals surface area contributed by atoms with Crippen LogP contribution in [0.1, 0.15) is 19.5 Å². The molecule has 1 aromatic rings. The highest BCUT2D eigenvalue weighted by Crippen LogP contribution is 2.01. The van der Waals surface area contributed by atoms with E-state index in [0.717, 1.165) is 5.69 Å². The maximum absolute atomic E-state index is 11.9. The van der Waals surface area contributed by atoms with E-state index in [4.69, 9.17) is 5.11 Å². The largest absolute Gasteiger partial charge is 0.481 e. The smallest absolute Gasteiger partial charge is 0.317 e. The van der Waals surface area contributed by atoms with Gasteiger partial charge in [-0.1, -0.05) is 6.92 Å². The summed E-state index contributed by atoms with van der Waals surface area (Å²) in [6, 6.07) is 1.67. The average molecular weight is 282 g/mol. The molecule has 20 heavy (non-hydrogen) atoms. The quantitative estimate of drug-likeness (QED) is 0.771. The Hall–Kier alpha value is -2.05. The lowest BCUT2D eigenvalue weighted by Crippen LogP contribution is -2.43. The molecule has 0 aliphatic rings. The number of urea groups is 1. The van der Waals surface area contributed by atoms with Crippen molar-refractivity contribution in [1.29, 1.82) is 0 Å². The van der Waals surface area contributed by atoms with Gasteiger partial charge in [-0.3, -0.25) is 9.48 Å². The second-order valence-electron chi connectivity index (χ2n) is 4.71. The van der Waals surface area contributed by atoms with Crippen molar-refractivity contribution in [3.05, 3.63) is 18.0 Å². The van der Waals surface area contributed by atoms with Crippen molar-refractivity contribution in [2.45, 2.75) is 20.3 Å². The maximum Gasteiger partial charge on any atom is 0.317 e. The maximum atomic E-state index is 11.9. The third-order valence-corrected chi connectivity index (χ3v) is 3.16. The van der Waals surface area contributed by atoms with Gasteiger partial charge in [0.05, 0.1) is 5.92 Å². The Labute approximate surface area is 118 Å². The Morgan fingerprint density at radius 2 is 2.25 bits per heavy atom. The molecule has 0 saturated heterocycles. The number of aliphatic carboxylic acids is 1. The van der Waals surface area contributed by atoms with Crippen molar-refractivity contribution in [1.82, 2.24) is 20.0 Å². The molecule has 1 heterocycles. The van der Waals surface area contributed by atoms with Crippen LogP contribution >= 0.6 is 0 Å². The van der Waals surface area contributed by atoms with E-state index in [2.05, 4.69) is 10.4 Å². The van der Waals surface area contributed by atoms with Crippen molar-refractivity contribution >= 4 is 12.0 Å². The molecule has 0 spiro atoms. The Bertz CT molecular complexity index is 458. The van der Waals surface area contributed by atoms with Crippen molar-refractivity contribution in [3.63, 3.8) is 0 Å². The van der Waals surface area contributed by atoms with Crippen LogP contribution in [0.25, 0.3) is 0 Å². The van der Waals surface area contributed by atoms with Crippen LogP contribution in [0.15, 0.2) is 12.3 Å². The molecule has 2 N–H and O–H groups in total. The zero-order valence-electron chi connectivity index (χ0n) is 12.2. The molecule has 0 bridgehead atoms. The number of hydrogen-bond acceptors (Lipinski definition) is 3. The fraction of sp³-hybridized carbons (Fsp3) is 0.615. The Kier molecular flexibility index (Phi) is 6.02. The molecule has 0 aliphatic carbocycles. The summed E-state index contributed by atoms with van der Waals surface area (Å²) in [5, 5.41) is 15.7. The summed E-state index contributed by atoms with van der Waals surface area (Å²) in [6.45, 7) is 4.61. The van der Waals surface area contributed by atoms with E-state index in [-0.39, 0.29) is 12.6 Å². The zero-order chi connectivity index (χ0) is 15.1. The van der Waals surface area contributed by atoms with Gasteiger partial charge in [0.1, 0.15) is 0 Å². The van der Waals surface area contributed by atoms with Crippen LogP contribution < -0.4 is 5.32 Å². The molecular weight excluding hydrogens is 260 g/mol. The lowest BCUT2D eigenvalue weighted by Gasteiger charge is -2.23. The van der Waals surface area contributed by atoms with Gasteiger partial charge < -0.3 is 15.3 Å². The van der Waals surface area contributed by atoms with Crippen LogP contribution in [-0.4, -0.2) is 51.4 Å². The van der Waals surface area contributed by atoms with E-state index in [9.17, 15) is 9.59 Å². The summed E-state index contributed by atoms with van der Waals surface area (Å²) in [7, 11) is 1.85. The van der Waals surface area contributed by atoms with Gasteiger partial charge in [-0.15, -0.1) is 0 Å². The van der Waals surface area contributed by atoms with Crippen LogP contribution in [0.2, 0.25) is 0 Å². The Morgan fingerprint density at radius 1 is 1.55 bits per heavy atom. The predicted octanol–water partition coefficient (Wildman–Crippen LogP) is 0.715. The van der Waals surface area contributed by atoms with Crippen LogP contribution in [-0.2, 0) is 18.3 Å². The van der Waals surface area contributed by atoms with Gasteiger partial charge in [-0.05, 0) is 13.0 Å². The number of aromatic nitrogens is 2. The minimum absolute atomic E-state index is 0.212. The molecule has 0 aromatic carbocycles. The second-order valence-corrected chi connectivity index (χ2v) is 4.71. The van der Waals surface area contributed by atoms with Crippen LogP contribution in [0.4, 0.5) is 4.79 Å². The molecule has 1 unspecified atom stereocenters. The number of hydrogen-bond donors (Lipinski definition) is 2. The number of nitrogens with zero attached hydrogens (tertiary/aromatic N) is 3. The topological polar surface area (TPSA) is 87.5 Å². The second kappa shape index (κ2) is 7.52. The highest BCUT2D eigenvalue weighted by molar-refractivity contribution is 5.75. The molecule has 0 radical (unpaired) electrons. The van der Waals surface area contributed by atoms with E-state index in [1.54, 1.807) is 17.8 Å². The van der Waals surface area contributed by atoms with E-state index < -0.39 is 11.9 Å². The van der Waals surface area contributed by atoms with Crippen molar-refractivity contribution in [2.24, 2.45) is 13.0 Å². The molecular formula is C13H22N4O3. The van der Waals surface area contributed by atoms with Crippen molar-refractivity contribution in [3.8, 4) is 0 Å². The van der Waals surface area contributed by atoms with Gasteiger partial charge >= 0.3 is 12.0 Å². The first-order chi connectivity index (χ1) is 9.45. The molecule has 0 aliphatic heterocycles. The Balaban J connectivity index is 2.40. The Morgan fingerprint density at radius 3 is 2.75 bits per heavy atom. The van der Waals surface area contributed by atoms with E-state index in [0.29, 0.717) is 19.5 Å². The number of carboxylic acids is 1. The molecule has 2 amide bonds. The minimum Gasteiger partial charge on any atom is -0.481 e. The number of nitrogens with one attached hydrogen (secondary N) is 1. The predicted molar refractivity (Wildman–Crippen MR) is 74.4 cm³/mol. The van der Waals surface area contributed by atoms with Gasteiger partial charge in [0, 0.05) is 45.0 Å². The fourth-order valence-corrected chi connectivity index (χ4v) is 1.82.